The van der Waals surface area contributed by atoms with E-state index in [2.05, 4.69) is 5.32 Å². The molecule has 0 fully saturated rings. The molecule has 196 valence electrons. The highest BCUT2D eigenvalue weighted by Gasteiger charge is 2.46. The molecule has 1 aromatic heterocycles. The highest BCUT2D eigenvalue weighted by atomic mass is 35.5. The van der Waals surface area contributed by atoms with E-state index in [0.29, 0.717) is 28.5 Å². The summed E-state index contributed by atoms with van der Waals surface area (Å²) in [5.41, 5.74) is 0.776. The van der Waals surface area contributed by atoms with Crippen LogP contribution in [0.3, 0.4) is 0 Å². The smallest absolute Gasteiger partial charge is 0.333 e. The molecule has 0 spiro atoms. The average molecular weight is 534 g/mol. The minimum absolute atomic E-state index is 0.00896. The molecular weight excluding hydrogens is 506 g/mol. The summed E-state index contributed by atoms with van der Waals surface area (Å²) in [6.45, 7) is 3.57. The number of nitrogens with one attached hydrogen (secondary N) is 1. The Morgan fingerprint density at radius 1 is 1.03 bits per heavy atom. The molecule has 2 aliphatic rings. The summed E-state index contributed by atoms with van der Waals surface area (Å²) in [6.07, 6.45) is 2.32. The van der Waals surface area contributed by atoms with E-state index in [1.807, 2.05) is 50.3 Å². The number of esters is 1. The molecule has 0 unspecified atom stereocenters. The van der Waals surface area contributed by atoms with E-state index in [4.69, 9.17) is 16.3 Å². The summed E-state index contributed by atoms with van der Waals surface area (Å²) in [7, 11) is 1.20. The van der Waals surface area contributed by atoms with Crippen LogP contribution in [0.4, 0.5) is 5.82 Å². The first-order valence-corrected chi connectivity index (χ1v) is 12.7. The summed E-state index contributed by atoms with van der Waals surface area (Å²) in [5, 5.41) is 3.83. The molecule has 2 heterocycles. The topological polar surface area (TPSA) is 99.4 Å². The van der Waals surface area contributed by atoms with Crippen molar-refractivity contribution in [2.45, 2.75) is 39.3 Å². The van der Waals surface area contributed by atoms with Crippen LogP contribution in [0.2, 0.25) is 5.02 Å². The van der Waals surface area contributed by atoms with Crippen molar-refractivity contribution in [2.75, 3.05) is 12.4 Å². The zero-order valence-corrected chi connectivity index (χ0v) is 22.1. The van der Waals surface area contributed by atoms with Crippen LogP contribution in [0, 0.1) is 11.3 Å². The van der Waals surface area contributed by atoms with Crippen LogP contribution in [0.15, 0.2) is 76.0 Å². The fourth-order valence-electron chi connectivity index (χ4n) is 5.49. The first kappa shape index (κ1) is 25.7. The van der Waals surface area contributed by atoms with Crippen molar-refractivity contribution in [3.8, 4) is 0 Å². The summed E-state index contributed by atoms with van der Waals surface area (Å²) in [6, 6.07) is 16.4. The summed E-state index contributed by atoms with van der Waals surface area (Å²) >= 11 is 6.17. The molecule has 1 aliphatic heterocycles. The number of anilines is 1. The van der Waals surface area contributed by atoms with E-state index >= 15 is 0 Å². The standard InChI is InChI=1S/C29H28ClN3O5/c1-29(2)13-20-24(21(34)14-29)23(18-9-11-19(30)12-10-18)25-26(31-20)32(15-17-7-5-4-6-8-17)28(37)33(27(25)36)16-22(35)38-3/h4-13,23-24,31H,14-16H2,1-3H3/t23-,24-/m1/s1. The number of allylic oxidation sites excluding steroid dienone is 2. The van der Waals surface area contributed by atoms with Crippen molar-refractivity contribution in [1.29, 1.82) is 0 Å². The van der Waals surface area contributed by atoms with Gasteiger partial charge < -0.3 is 10.1 Å². The molecule has 0 amide bonds. The molecule has 3 aromatic rings. The first-order chi connectivity index (χ1) is 18.1. The molecule has 0 saturated carbocycles. The monoisotopic (exact) mass is 533 g/mol. The van der Waals surface area contributed by atoms with E-state index < -0.39 is 41.0 Å². The van der Waals surface area contributed by atoms with Gasteiger partial charge in [-0.1, -0.05) is 74.0 Å². The minimum Gasteiger partial charge on any atom is -0.468 e. The highest BCUT2D eigenvalue weighted by molar-refractivity contribution is 6.30. The zero-order valence-electron chi connectivity index (χ0n) is 21.4. The fourth-order valence-corrected chi connectivity index (χ4v) is 5.61. The SMILES string of the molecule is COC(=O)Cn1c(=O)c2c(n(Cc3ccccc3)c1=O)NC1=CC(C)(C)CC(=O)[C@@H]1[C@H]2c1ccc(Cl)cc1. The van der Waals surface area contributed by atoms with Crippen molar-refractivity contribution in [2.24, 2.45) is 11.3 Å². The van der Waals surface area contributed by atoms with E-state index in [1.54, 1.807) is 24.3 Å². The number of aromatic nitrogens is 2. The molecule has 8 nitrogen and oxygen atoms in total. The quantitative estimate of drug-likeness (QED) is 0.499. The predicted octanol–water partition coefficient (Wildman–Crippen LogP) is 3.94. The molecule has 2 atom stereocenters. The molecule has 0 bridgehead atoms. The Bertz CT molecular complexity index is 1570. The highest BCUT2D eigenvalue weighted by Crippen LogP contribution is 2.48. The molecule has 0 radical (unpaired) electrons. The number of nitrogens with zero attached hydrogens (tertiary/aromatic N) is 2. The van der Waals surface area contributed by atoms with Gasteiger partial charge in [-0.05, 0) is 28.7 Å². The predicted molar refractivity (Wildman–Crippen MR) is 144 cm³/mol. The Balaban J connectivity index is 1.84. The van der Waals surface area contributed by atoms with Gasteiger partial charge in [0.15, 0.2) is 0 Å². The largest absolute Gasteiger partial charge is 0.468 e. The fraction of sp³-hybridized carbons (Fsp3) is 0.310. The van der Waals surface area contributed by atoms with E-state index in [9.17, 15) is 19.2 Å². The van der Waals surface area contributed by atoms with Gasteiger partial charge in [0.05, 0.1) is 25.1 Å². The summed E-state index contributed by atoms with van der Waals surface area (Å²) in [5.74, 6) is -1.75. The van der Waals surface area contributed by atoms with Crippen molar-refractivity contribution in [1.82, 2.24) is 9.13 Å². The Kier molecular flexibility index (Phi) is 6.61. The third kappa shape index (κ3) is 4.60. The second-order valence-corrected chi connectivity index (χ2v) is 10.9. The second kappa shape index (κ2) is 9.76. The summed E-state index contributed by atoms with van der Waals surface area (Å²) < 4.78 is 7.13. The second-order valence-electron chi connectivity index (χ2n) is 10.4. The molecule has 0 saturated heterocycles. The van der Waals surface area contributed by atoms with Crippen LogP contribution in [0.25, 0.3) is 0 Å². The summed E-state index contributed by atoms with van der Waals surface area (Å²) in [4.78, 5) is 53.6. The number of fused-ring (bicyclic) bond motifs is 2. The van der Waals surface area contributed by atoms with Gasteiger partial charge >= 0.3 is 11.7 Å². The van der Waals surface area contributed by atoms with Crippen molar-refractivity contribution < 1.29 is 14.3 Å². The van der Waals surface area contributed by atoms with Gasteiger partial charge in [0.25, 0.3) is 5.56 Å². The number of rotatable bonds is 5. The van der Waals surface area contributed by atoms with Crippen molar-refractivity contribution in [3.05, 3.63) is 109 Å². The molecule has 38 heavy (non-hydrogen) atoms. The van der Waals surface area contributed by atoms with Gasteiger partial charge in [-0.25, -0.2) is 9.36 Å². The molecular formula is C29H28ClN3O5. The number of methoxy groups -OCH3 is 1. The number of Topliss-reactive ketones (excluding diaryl/α,β-unsaturated/α-hetero) is 1. The number of ether oxygens (including phenoxy) is 1. The molecule has 1 N–H and O–H groups in total. The Hall–Kier alpha value is -3.91. The number of carbonyl (C=O) groups is 2. The third-order valence-electron chi connectivity index (χ3n) is 7.16. The number of hydrogen-bond acceptors (Lipinski definition) is 6. The van der Waals surface area contributed by atoms with Crippen LogP contribution in [0.1, 0.15) is 42.9 Å². The lowest BCUT2D eigenvalue weighted by Gasteiger charge is -2.41. The molecule has 1 aliphatic carbocycles. The van der Waals surface area contributed by atoms with Crippen LogP contribution >= 0.6 is 11.6 Å². The number of ketones is 1. The lowest BCUT2D eigenvalue weighted by atomic mass is 9.67. The Labute approximate surface area is 224 Å². The zero-order chi connectivity index (χ0) is 27.2. The average Bonchev–Trinajstić information content (AvgIpc) is 2.88. The normalized spacial score (nSPS) is 19.6. The Morgan fingerprint density at radius 2 is 1.71 bits per heavy atom. The van der Waals surface area contributed by atoms with Crippen LogP contribution in [-0.4, -0.2) is 28.0 Å². The maximum atomic E-state index is 14.0. The molecule has 5 rings (SSSR count). The first-order valence-electron chi connectivity index (χ1n) is 12.4. The minimum atomic E-state index is -0.724. The van der Waals surface area contributed by atoms with Crippen molar-refractivity contribution >= 4 is 29.2 Å². The molecule has 9 heteroatoms. The number of hydrogen-bond donors (Lipinski definition) is 1. The maximum absolute atomic E-state index is 14.0. The van der Waals surface area contributed by atoms with Crippen LogP contribution < -0.4 is 16.6 Å². The van der Waals surface area contributed by atoms with E-state index in [1.165, 1.54) is 11.7 Å². The lowest BCUT2D eigenvalue weighted by Crippen LogP contribution is -2.49. The Morgan fingerprint density at radius 3 is 2.37 bits per heavy atom. The van der Waals surface area contributed by atoms with E-state index in [-0.39, 0.29) is 17.9 Å². The lowest BCUT2D eigenvalue weighted by molar-refractivity contribution is -0.141. The van der Waals surface area contributed by atoms with Crippen LogP contribution in [-0.2, 0) is 27.4 Å². The van der Waals surface area contributed by atoms with Crippen molar-refractivity contribution in [3.63, 3.8) is 0 Å². The third-order valence-corrected chi connectivity index (χ3v) is 7.41. The van der Waals surface area contributed by atoms with Gasteiger partial charge in [-0.15, -0.1) is 0 Å². The van der Waals surface area contributed by atoms with Gasteiger partial charge in [0.2, 0.25) is 0 Å². The maximum Gasteiger partial charge on any atom is 0.333 e. The van der Waals surface area contributed by atoms with E-state index in [0.717, 1.165) is 10.1 Å². The van der Waals surface area contributed by atoms with Gasteiger partial charge in [0.1, 0.15) is 18.1 Å². The van der Waals surface area contributed by atoms with Gasteiger partial charge in [-0.2, -0.15) is 0 Å². The van der Waals surface area contributed by atoms with Gasteiger partial charge in [-0.3, -0.25) is 19.0 Å². The number of carbonyl (C=O) groups excluding carboxylic acids is 2. The number of halogens is 1. The van der Waals surface area contributed by atoms with Crippen LogP contribution in [0.5, 0.6) is 0 Å². The molecule has 2 aromatic carbocycles. The number of benzene rings is 2. The van der Waals surface area contributed by atoms with Gasteiger partial charge in [0, 0.05) is 23.1 Å².